The molecular formula is C122H165ClN8O15. The number of hydrogen-bond acceptors (Lipinski definition) is 21. The van der Waals surface area contributed by atoms with Crippen molar-refractivity contribution in [2.24, 2.45) is 28.9 Å². The average molecular weight is 2020 g/mol. The van der Waals surface area contributed by atoms with Gasteiger partial charge in [0.25, 0.3) is 0 Å². The van der Waals surface area contributed by atoms with Crippen LogP contribution in [0.5, 0.6) is 34.5 Å². The zero-order chi connectivity index (χ0) is 105. The van der Waals surface area contributed by atoms with E-state index in [1.165, 1.54) is 114 Å². The van der Waals surface area contributed by atoms with Crippen LogP contribution in [0.3, 0.4) is 0 Å². The molecule has 12 aliphatic rings. The predicted molar refractivity (Wildman–Crippen MR) is 582 cm³/mol. The molecule has 8 aromatic rings. The normalized spacial score (nSPS) is 26.7. The number of fused-ring (bicyclic) bond motifs is 8. The van der Waals surface area contributed by atoms with E-state index in [-0.39, 0.29) is 88.3 Å². The highest BCUT2D eigenvalue weighted by Crippen LogP contribution is 2.73. The maximum absolute atomic E-state index is 12.9. The number of esters is 4. The molecule has 24 heteroatoms. The Morgan fingerprint density at radius 1 is 0.692 bits per heavy atom. The number of aryl methyl sites for hydroxylation is 1. The van der Waals surface area contributed by atoms with Crippen molar-refractivity contribution in [2.45, 2.75) is 335 Å². The van der Waals surface area contributed by atoms with Crippen molar-refractivity contribution in [3.05, 3.63) is 242 Å². The molecule has 4 fully saturated rings. The third-order valence-electron chi connectivity index (χ3n) is 33.4. The van der Waals surface area contributed by atoms with Gasteiger partial charge in [-0.05, 0) is 305 Å². The summed E-state index contributed by atoms with van der Waals surface area (Å²) in [5, 5.41) is 19.1. The van der Waals surface area contributed by atoms with Gasteiger partial charge in [-0.3, -0.25) is 43.5 Å². The van der Waals surface area contributed by atoms with Crippen LogP contribution in [0.25, 0.3) is 16.5 Å². The van der Waals surface area contributed by atoms with Crippen LogP contribution >= 0.6 is 11.6 Å². The van der Waals surface area contributed by atoms with Gasteiger partial charge in [0.05, 0.1) is 17.4 Å². The van der Waals surface area contributed by atoms with Crippen LogP contribution in [0.4, 0.5) is 0 Å². The number of rotatable bonds is 21. The molecule has 1 saturated carbocycles. The first-order valence-corrected chi connectivity index (χ1v) is 54.1. The maximum Gasteiger partial charge on any atom is 0.308 e. The monoisotopic (exact) mass is 2020 g/mol. The number of ketones is 1. The van der Waals surface area contributed by atoms with Gasteiger partial charge in [0.15, 0.2) is 46.6 Å². The molecule has 1 spiro atoms. The van der Waals surface area contributed by atoms with Crippen molar-refractivity contribution in [3.8, 4) is 34.5 Å². The number of Topliss-reactive ketones (excluding diaryl/α,β-unsaturated/α-hetero) is 1. The number of piperidine rings is 1. The van der Waals surface area contributed by atoms with Crippen molar-refractivity contribution in [1.82, 2.24) is 35.2 Å². The second-order valence-corrected chi connectivity index (χ2v) is 44.1. The van der Waals surface area contributed by atoms with E-state index in [2.05, 4.69) is 231 Å². The lowest BCUT2D eigenvalue weighted by molar-refractivity contribution is -0.176. The Morgan fingerprint density at radius 3 is 2.03 bits per heavy atom. The fourth-order valence-electron chi connectivity index (χ4n) is 25.2. The maximum atomic E-state index is 12.9. The Hall–Kier alpha value is -10.6. The number of allylic oxidation sites excluding steroid dienone is 2. The zero-order valence-corrected chi connectivity index (χ0v) is 91.7. The van der Waals surface area contributed by atoms with Gasteiger partial charge in [-0.15, -0.1) is 0 Å². The number of unbranched alkanes of at least 4 members (excludes halogenated alkanes) is 2. The molecule has 1 amide bonds. The SMILES string of the molecule is CC(=O)O[C@H]1[C@@H](OC(C)=O)C[C@H]2CC[C@@H]1N2C.CC(=O)Oc1ccc2c3c1O[C@@]1(C)[C@@H](OC(C)=O)C=C[C@]4(C)[C@@]31CCCN(C)[C@]4(C)C2.CC(N)Cc1ccccc1.CCC(C)Cc1ccc2c(c1)OCO2.CCCCCc1cc(O)c2c(c1)OC(C)(C)[C@@H]1CCC(C)=C[C@@H]21.CCN(CC)C(=O)[C@@H]1C=C2c3cccc4[nH]cc(c34)C[C@H]2N(C)C1.CNC1(c2ccccc2Cl)CCCCC1=O.CN[C@@H](C)Cc1ccccc1. The summed E-state index contributed by atoms with van der Waals surface area (Å²) >= 11 is 6.20. The molecule has 20 rings (SSSR count). The Labute approximate surface area is 873 Å². The molecule has 4 bridgehead atoms. The summed E-state index contributed by atoms with van der Waals surface area (Å²) in [6, 6.07) is 51.0. The Morgan fingerprint density at radius 2 is 1.38 bits per heavy atom. The van der Waals surface area contributed by atoms with Crippen molar-refractivity contribution in [1.29, 1.82) is 0 Å². The number of likely N-dealkylation sites (N-methyl/N-ethyl adjacent to an activating group) is 5. The first-order valence-electron chi connectivity index (χ1n) is 53.7. The van der Waals surface area contributed by atoms with Crippen LogP contribution in [-0.4, -0.2) is 199 Å². The van der Waals surface area contributed by atoms with E-state index < -0.39 is 22.7 Å². The van der Waals surface area contributed by atoms with Crippen LogP contribution in [-0.2, 0) is 92.5 Å². The van der Waals surface area contributed by atoms with Crippen LogP contribution < -0.4 is 40.1 Å². The molecule has 3 saturated heterocycles. The number of nitrogens with one attached hydrogen (secondary N) is 3. The number of carbonyl (C=O) groups excluding carboxylic acids is 6. The number of aromatic hydroxyl groups is 1. The Kier molecular flexibility index (Phi) is 37.9. The summed E-state index contributed by atoms with van der Waals surface area (Å²) in [5.41, 5.74) is 19.4. The minimum atomic E-state index is -0.817. The number of phenolic OH excluding ortho intramolecular Hbond substituents is 1. The number of carbonyl (C=O) groups is 6. The van der Waals surface area contributed by atoms with E-state index in [0.29, 0.717) is 59.5 Å². The van der Waals surface area contributed by atoms with E-state index in [1.54, 1.807) is 0 Å². The minimum Gasteiger partial charge on any atom is -0.507 e. The number of nitrogens with two attached hydrogens (primary N) is 1. The highest BCUT2D eigenvalue weighted by Gasteiger charge is 2.77. The van der Waals surface area contributed by atoms with Gasteiger partial charge in [0.2, 0.25) is 12.7 Å². The molecule has 1 aromatic heterocycles. The number of benzene rings is 7. The van der Waals surface area contributed by atoms with E-state index in [4.69, 9.17) is 55.2 Å². The van der Waals surface area contributed by atoms with Crippen molar-refractivity contribution in [3.63, 3.8) is 0 Å². The van der Waals surface area contributed by atoms with Gasteiger partial charge in [0, 0.05) is 140 Å². The minimum absolute atomic E-state index is 0.0445. The smallest absolute Gasteiger partial charge is 0.308 e. The van der Waals surface area contributed by atoms with Crippen LogP contribution in [0, 0.1) is 23.2 Å². The molecule has 6 N–H and O–H groups in total. The summed E-state index contributed by atoms with van der Waals surface area (Å²) < 4.78 is 45.8. The molecule has 0 radical (unpaired) electrons. The third kappa shape index (κ3) is 24.6. The summed E-state index contributed by atoms with van der Waals surface area (Å²) in [5.74, 6) is 4.76. The quantitative estimate of drug-likeness (QED) is 0.0147. The van der Waals surface area contributed by atoms with E-state index >= 15 is 0 Å². The lowest BCUT2D eigenvalue weighted by Crippen LogP contribution is -2.74. The number of aromatic amines is 1. The number of H-pyrrole nitrogens is 1. The number of aromatic nitrogens is 1. The zero-order valence-electron chi connectivity index (χ0n) is 91.0. The Balaban J connectivity index is 0.000000143. The molecule has 790 valence electrons. The van der Waals surface area contributed by atoms with Gasteiger partial charge in [-0.1, -0.05) is 192 Å². The molecule has 5 aliphatic carbocycles. The molecule has 3 unspecified atom stereocenters. The first kappa shape index (κ1) is 113. The first-order chi connectivity index (χ1) is 69.6. The number of halogens is 1. The number of phenols is 1. The van der Waals surface area contributed by atoms with E-state index in [0.717, 1.165) is 169 Å². The van der Waals surface area contributed by atoms with Gasteiger partial charge >= 0.3 is 23.9 Å². The molecule has 146 heavy (non-hydrogen) atoms. The number of nitrogens with zero attached hydrogens (tertiary/aromatic N) is 4. The molecule has 7 aromatic carbocycles. The fraction of sp³-hybridized carbons (Fsp3) is 0.541. The third-order valence-corrected chi connectivity index (χ3v) is 33.7. The average Bonchev–Trinajstić information content (AvgIpc) is 1.46. The molecular weight excluding hydrogens is 1850 g/mol. The summed E-state index contributed by atoms with van der Waals surface area (Å²) in [7, 11) is 10.2. The summed E-state index contributed by atoms with van der Waals surface area (Å²) in [6.07, 6.45) is 31.4. The Bertz CT molecular complexity index is 5930. The van der Waals surface area contributed by atoms with Gasteiger partial charge in [-0.25, -0.2) is 0 Å². The van der Waals surface area contributed by atoms with Gasteiger partial charge in [0.1, 0.15) is 28.7 Å². The molecule has 23 nitrogen and oxygen atoms in total. The van der Waals surface area contributed by atoms with Crippen molar-refractivity contribution >= 4 is 63.6 Å². The summed E-state index contributed by atoms with van der Waals surface area (Å²) in [6.45, 7) is 37.7. The second-order valence-electron chi connectivity index (χ2n) is 43.7. The van der Waals surface area contributed by atoms with Crippen LogP contribution in [0.1, 0.15) is 276 Å². The number of hydrogen-bond donors (Lipinski definition) is 5. The number of amides is 1. The van der Waals surface area contributed by atoms with Crippen molar-refractivity contribution in [2.75, 3.05) is 68.2 Å². The van der Waals surface area contributed by atoms with Crippen molar-refractivity contribution < 1.29 is 71.8 Å². The number of ether oxygens (including phenoxy) is 8. The molecule has 7 aliphatic heterocycles. The standard InChI is InChI=1S/C25H31NO5.C21H30O2.C20H25N3O.C13H16ClNO.C12H19NO4.C12H16O2.C10H15N.C9H13N/c1-15(27)29-18-9-8-17-14-23(4)22(3)12-10-19(30-16(2)28)24(5)25(22,11-7-13-26(23)6)20(17)21(18)31-24;1-5-6-7-8-15-12-18(22)20-16-11-14(2)9-10-17(16)21(3,4)23-19(20)13-15;1-4-23(5-2)20(24)14-9-16-15-7-6-8-17-19(15)13(11-21-17)10-18(16)22(3)12-14;1-15-13(9-5-4-8-12(13)16)10-6-2-3-7-11(10)14;1-7(14)16-11-6-9-4-5-10(13(9)3)12(11)17-8(2)15;1-3-9(2)6-10-4-5-11-12(7-10)14-8-13-11;1-9(11-2)8-10-6-4-3-5-7-10;1-8(10)7-9-5-3-2-4-6-9/h8-10,12,19H,7,11,13-14H2,1-6H3;11-13,16-17,22H,5-10H2,1-4H3;6-9,11,14,18,21H,4-5,10,12H2,1-3H3;2-3,6-7,15H,4-5,8-9H2,1H3;9-12H,4-6H2,1-3H3;4-5,7,9H,3,6,8H2,1-2H3;3-7,9,11H,8H2,1-2H3;2-6,8H,7,10H2,1H3/t19-,22-,23+,24-,25+;16-,17-;14-,18-;;9-,10+,11+,12-;;9-;/m011.1.0./s1. The molecule has 17 atom stereocenters. The van der Waals surface area contributed by atoms with Crippen LogP contribution in [0.2, 0.25) is 5.02 Å². The lowest BCUT2D eigenvalue weighted by atomic mass is 9.41. The topological polar surface area (TPSA) is 275 Å². The van der Waals surface area contributed by atoms with Crippen LogP contribution in [0.15, 0.2) is 182 Å². The van der Waals surface area contributed by atoms with Gasteiger partial charge < -0.3 is 69.3 Å². The fourth-order valence-corrected chi connectivity index (χ4v) is 25.5. The number of likely N-dealkylation sites (tertiary alicyclic amines) is 1. The van der Waals surface area contributed by atoms with E-state index in [9.17, 15) is 33.9 Å². The second kappa shape index (κ2) is 49.2. The lowest BCUT2D eigenvalue weighted by Gasteiger charge is -2.65. The van der Waals surface area contributed by atoms with Gasteiger partial charge in [-0.2, -0.15) is 0 Å². The predicted octanol–water partition coefficient (Wildman–Crippen LogP) is 22.2. The largest absolute Gasteiger partial charge is 0.507 e. The molecule has 8 heterocycles. The van der Waals surface area contributed by atoms with E-state index in [1.807, 2.05) is 106 Å². The summed E-state index contributed by atoms with van der Waals surface area (Å²) in [4.78, 5) is 83.6. The highest BCUT2D eigenvalue weighted by molar-refractivity contribution is 6.31. The highest BCUT2D eigenvalue weighted by atomic mass is 35.5.